The highest BCUT2D eigenvalue weighted by Gasteiger charge is 2.22. The molecular weight excluding hydrogens is 260 g/mol. The Bertz CT molecular complexity index is 364. The predicted molar refractivity (Wildman–Crippen MR) is 84.6 cm³/mol. The zero-order valence-electron chi connectivity index (χ0n) is 12.5. The maximum absolute atomic E-state index is 4.85. The molecule has 1 aromatic rings. The number of hydrogen-bond donors (Lipinski definition) is 1. The van der Waals surface area contributed by atoms with Gasteiger partial charge < -0.3 is 5.32 Å². The van der Waals surface area contributed by atoms with Crippen LogP contribution in [0.15, 0.2) is 0 Å². The number of thiazole rings is 1. The van der Waals surface area contributed by atoms with Gasteiger partial charge in [0.25, 0.3) is 0 Å². The lowest BCUT2D eigenvalue weighted by atomic mass is 9.91. The van der Waals surface area contributed by atoms with Crippen molar-refractivity contribution < 1.29 is 0 Å². The summed E-state index contributed by atoms with van der Waals surface area (Å²) in [6.07, 6.45) is 0. The topological polar surface area (TPSA) is 24.9 Å². The minimum Gasteiger partial charge on any atom is -0.315 e. The number of rotatable bonds is 6. The second-order valence-electron chi connectivity index (χ2n) is 6.07. The van der Waals surface area contributed by atoms with Gasteiger partial charge in [-0.3, -0.25) is 0 Å². The quantitative estimate of drug-likeness (QED) is 0.854. The maximum atomic E-state index is 4.85. The van der Waals surface area contributed by atoms with Crippen molar-refractivity contribution in [3.63, 3.8) is 0 Å². The fraction of sp³-hybridized carbons (Fsp3) is 0.786. The van der Waals surface area contributed by atoms with Crippen molar-refractivity contribution in [3.8, 4) is 0 Å². The summed E-state index contributed by atoms with van der Waals surface area (Å²) >= 11 is 3.86. The van der Waals surface area contributed by atoms with E-state index in [2.05, 4.69) is 39.9 Å². The highest BCUT2D eigenvalue weighted by molar-refractivity contribution is 7.98. The average Bonchev–Trinajstić information content (AvgIpc) is 2.61. The van der Waals surface area contributed by atoms with Crippen LogP contribution in [0.1, 0.15) is 50.2 Å². The van der Waals surface area contributed by atoms with Crippen LogP contribution in [0.4, 0.5) is 0 Å². The van der Waals surface area contributed by atoms with Gasteiger partial charge in [0.2, 0.25) is 0 Å². The van der Waals surface area contributed by atoms with E-state index in [1.807, 2.05) is 30.1 Å². The maximum Gasteiger partial charge on any atom is 0.103 e. The van der Waals surface area contributed by atoms with Gasteiger partial charge in [0.1, 0.15) is 5.01 Å². The minimum atomic E-state index is 0.143. The van der Waals surface area contributed by atoms with E-state index in [-0.39, 0.29) is 5.41 Å². The fourth-order valence-corrected chi connectivity index (χ4v) is 4.11. The van der Waals surface area contributed by atoms with Crippen molar-refractivity contribution in [2.75, 3.05) is 12.8 Å². The molecule has 1 N–H and O–H groups in total. The number of nitrogens with one attached hydrogen (secondary N) is 1. The van der Waals surface area contributed by atoms with Gasteiger partial charge in [-0.2, -0.15) is 11.8 Å². The van der Waals surface area contributed by atoms with Crippen LogP contribution in [-0.2, 0) is 17.7 Å². The molecule has 0 radical (unpaired) electrons. The molecule has 0 saturated carbocycles. The van der Waals surface area contributed by atoms with Crippen LogP contribution in [0.25, 0.3) is 0 Å². The molecule has 0 bridgehead atoms. The van der Waals surface area contributed by atoms with E-state index < -0.39 is 0 Å². The van der Waals surface area contributed by atoms with Crippen molar-refractivity contribution in [1.82, 2.24) is 10.3 Å². The zero-order valence-corrected chi connectivity index (χ0v) is 14.1. The molecule has 0 amide bonds. The van der Waals surface area contributed by atoms with Crippen molar-refractivity contribution in [2.24, 2.45) is 5.92 Å². The third kappa shape index (κ3) is 4.90. The largest absolute Gasteiger partial charge is 0.315 e. The number of thioether (sulfide) groups is 1. The van der Waals surface area contributed by atoms with Gasteiger partial charge in [-0.1, -0.05) is 34.6 Å². The molecule has 0 aromatic carbocycles. The predicted octanol–water partition coefficient (Wildman–Crippen LogP) is 4.05. The molecule has 0 saturated heterocycles. The van der Waals surface area contributed by atoms with Gasteiger partial charge in [-0.05, 0) is 18.7 Å². The van der Waals surface area contributed by atoms with Crippen LogP contribution in [0.5, 0.6) is 0 Å². The smallest absolute Gasteiger partial charge is 0.103 e. The molecule has 2 nitrogen and oxygen atoms in total. The Balaban J connectivity index is 2.76. The van der Waals surface area contributed by atoms with Crippen LogP contribution in [0.2, 0.25) is 0 Å². The van der Waals surface area contributed by atoms with Crippen LogP contribution in [-0.4, -0.2) is 17.8 Å². The first-order valence-electron chi connectivity index (χ1n) is 6.56. The van der Waals surface area contributed by atoms with Crippen molar-refractivity contribution >= 4 is 23.1 Å². The lowest BCUT2D eigenvalue weighted by molar-refractivity contribution is 0.562. The van der Waals surface area contributed by atoms with Gasteiger partial charge >= 0.3 is 0 Å². The van der Waals surface area contributed by atoms with E-state index in [9.17, 15) is 0 Å². The SMILES string of the molecule is CNCc1sc(CSCC(C)C)nc1C(C)(C)C. The molecular formula is C14H26N2S2. The van der Waals surface area contributed by atoms with Crippen LogP contribution < -0.4 is 5.32 Å². The Morgan fingerprint density at radius 3 is 2.50 bits per heavy atom. The molecule has 0 spiro atoms. The Morgan fingerprint density at radius 1 is 1.33 bits per heavy atom. The second kappa shape index (κ2) is 6.92. The van der Waals surface area contributed by atoms with Crippen molar-refractivity contribution in [2.45, 2.75) is 52.3 Å². The summed E-state index contributed by atoms with van der Waals surface area (Å²) < 4.78 is 0. The number of aromatic nitrogens is 1. The van der Waals surface area contributed by atoms with Crippen molar-refractivity contribution in [1.29, 1.82) is 0 Å². The zero-order chi connectivity index (χ0) is 13.8. The highest BCUT2D eigenvalue weighted by Crippen LogP contribution is 2.31. The van der Waals surface area contributed by atoms with Gasteiger partial charge in [0, 0.05) is 22.6 Å². The third-order valence-corrected chi connectivity index (χ3v) is 5.08. The lowest BCUT2D eigenvalue weighted by Crippen LogP contribution is -2.16. The van der Waals surface area contributed by atoms with Crippen LogP contribution in [0, 0.1) is 5.92 Å². The molecule has 0 aliphatic heterocycles. The fourth-order valence-electron chi connectivity index (χ4n) is 1.71. The first kappa shape index (κ1) is 16.0. The summed E-state index contributed by atoms with van der Waals surface area (Å²) in [5, 5.41) is 4.52. The first-order valence-corrected chi connectivity index (χ1v) is 8.53. The van der Waals surface area contributed by atoms with E-state index in [0.717, 1.165) is 18.2 Å². The summed E-state index contributed by atoms with van der Waals surface area (Å²) in [4.78, 5) is 6.25. The van der Waals surface area contributed by atoms with E-state index in [0.29, 0.717) is 0 Å². The molecule has 18 heavy (non-hydrogen) atoms. The summed E-state index contributed by atoms with van der Waals surface area (Å²) in [6.45, 7) is 12.2. The van der Waals surface area contributed by atoms with E-state index in [4.69, 9.17) is 4.98 Å². The van der Waals surface area contributed by atoms with Crippen LogP contribution >= 0.6 is 23.1 Å². The monoisotopic (exact) mass is 286 g/mol. The molecule has 0 atom stereocenters. The van der Waals surface area contributed by atoms with E-state index in [1.165, 1.54) is 21.3 Å². The molecule has 0 aliphatic carbocycles. The average molecular weight is 287 g/mol. The van der Waals surface area contributed by atoms with Crippen LogP contribution in [0.3, 0.4) is 0 Å². The Hall–Kier alpha value is -0.0600. The van der Waals surface area contributed by atoms with Crippen molar-refractivity contribution in [3.05, 3.63) is 15.6 Å². The number of hydrogen-bond acceptors (Lipinski definition) is 4. The third-order valence-electron chi connectivity index (χ3n) is 2.47. The standard InChI is InChI=1S/C14H26N2S2/c1-10(2)8-17-9-12-16-13(14(3,4)5)11(18-12)7-15-6/h10,15H,7-9H2,1-6H3. The second-order valence-corrected chi connectivity index (χ2v) is 8.27. The van der Waals surface area contributed by atoms with Gasteiger partial charge in [-0.25, -0.2) is 4.98 Å². The molecule has 104 valence electrons. The molecule has 0 aliphatic rings. The summed E-state index contributed by atoms with van der Waals surface area (Å²) in [5.41, 5.74) is 1.41. The Kier molecular flexibility index (Phi) is 6.15. The molecule has 1 aromatic heterocycles. The minimum absolute atomic E-state index is 0.143. The Morgan fingerprint density at radius 2 is 2.00 bits per heavy atom. The lowest BCUT2D eigenvalue weighted by Gasteiger charge is -2.17. The number of nitrogens with zero attached hydrogens (tertiary/aromatic N) is 1. The van der Waals surface area contributed by atoms with Gasteiger partial charge in [0.05, 0.1) is 5.69 Å². The van der Waals surface area contributed by atoms with Gasteiger partial charge in [0.15, 0.2) is 0 Å². The first-order chi connectivity index (χ1) is 8.34. The normalized spacial score (nSPS) is 12.4. The molecule has 4 heteroatoms. The molecule has 1 rings (SSSR count). The summed E-state index contributed by atoms with van der Waals surface area (Å²) in [6, 6.07) is 0. The molecule has 0 unspecified atom stereocenters. The summed E-state index contributed by atoms with van der Waals surface area (Å²) in [7, 11) is 2.00. The van der Waals surface area contributed by atoms with E-state index in [1.54, 1.807) is 0 Å². The molecule has 0 fully saturated rings. The molecule has 1 heterocycles. The van der Waals surface area contributed by atoms with Gasteiger partial charge in [-0.15, -0.1) is 11.3 Å². The Labute approximate surface area is 120 Å². The summed E-state index contributed by atoms with van der Waals surface area (Å²) in [5.74, 6) is 3.02. The van der Waals surface area contributed by atoms with E-state index >= 15 is 0 Å². The highest BCUT2D eigenvalue weighted by atomic mass is 32.2.